The number of phosphoric ester groups is 1. The number of likely N-dealkylation sites (N-methyl/N-ethyl adjacent to an activating group) is 1. The maximum absolute atomic E-state index is 13.0. The maximum Gasteiger partial charge on any atom is 0.472 e. The van der Waals surface area contributed by atoms with E-state index in [4.69, 9.17) is 9.05 Å². The van der Waals surface area contributed by atoms with Crippen molar-refractivity contribution >= 4 is 13.7 Å². The van der Waals surface area contributed by atoms with Gasteiger partial charge < -0.3 is 19.8 Å². The van der Waals surface area contributed by atoms with E-state index < -0.39 is 20.0 Å². The Bertz CT molecular complexity index is 1360. The van der Waals surface area contributed by atoms with Crippen molar-refractivity contribution in [2.24, 2.45) is 0 Å². The summed E-state index contributed by atoms with van der Waals surface area (Å²) in [7, 11) is 1.58. The van der Waals surface area contributed by atoms with Gasteiger partial charge in [0, 0.05) is 6.42 Å². The number of phosphoric acid groups is 1. The number of rotatable bonds is 56. The van der Waals surface area contributed by atoms with Crippen molar-refractivity contribution in [3.8, 4) is 0 Å². The first-order valence-corrected chi connectivity index (χ1v) is 32.2. The minimum Gasteiger partial charge on any atom is -0.387 e. The summed E-state index contributed by atoms with van der Waals surface area (Å²) in [4.78, 5) is 23.3. The van der Waals surface area contributed by atoms with E-state index in [0.717, 1.165) is 64.2 Å². The summed E-state index contributed by atoms with van der Waals surface area (Å²) in [5, 5.41) is 13.9. The number of nitrogens with zero attached hydrogens (tertiary/aromatic N) is 1. The Labute approximate surface area is 447 Å². The lowest BCUT2D eigenvalue weighted by atomic mass is 10.0. The van der Waals surface area contributed by atoms with Gasteiger partial charge in [-0.15, -0.1) is 0 Å². The van der Waals surface area contributed by atoms with E-state index in [-0.39, 0.29) is 19.1 Å². The van der Waals surface area contributed by atoms with Gasteiger partial charge in [-0.1, -0.05) is 280 Å². The fourth-order valence-corrected chi connectivity index (χ4v) is 9.71. The minimum absolute atomic E-state index is 0.0623. The average Bonchev–Trinajstić information content (AvgIpc) is 3.34. The number of unbranched alkanes of at least 4 members (excludes halogenated alkanes) is 35. The molecule has 0 fully saturated rings. The third-order valence-corrected chi connectivity index (χ3v) is 14.7. The fraction of sp³-hybridized carbons (Fsp3) is 0.825. The number of aliphatic hydroxyl groups excluding tert-OH is 1. The van der Waals surface area contributed by atoms with Crippen LogP contribution in [0, 0.1) is 0 Å². The van der Waals surface area contributed by atoms with Gasteiger partial charge in [0.25, 0.3) is 0 Å². The van der Waals surface area contributed by atoms with Crippen molar-refractivity contribution in [1.29, 1.82) is 0 Å². The zero-order valence-electron chi connectivity index (χ0n) is 48.2. The van der Waals surface area contributed by atoms with Crippen LogP contribution in [-0.2, 0) is 18.4 Å². The summed E-state index contributed by atoms with van der Waals surface area (Å²) in [6.07, 6.45) is 73.4. The predicted octanol–water partition coefficient (Wildman–Crippen LogP) is 18.9. The van der Waals surface area contributed by atoms with Crippen LogP contribution in [0.2, 0.25) is 0 Å². The molecule has 3 N–H and O–H groups in total. The van der Waals surface area contributed by atoms with Crippen molar-refractivity contribution < 1.29 is 32.9 Å². The van der Waals surface area contributed by atoms with Crippen LogP contribution in [0.3, 0.4) is 0 Å². The van der Waals surface area contributed by atoms with Crippen LogP contribution in [0.25, 0.3) is 0 Å². The first-order valence-electron chi connectivity index (χ1n) is 30.7. The zero-order valence-corrected chi connectivity index (χ0v) is 49.1. The van der Waals surface area contributed by atoms with Gasteiger partial charge in [0.1, 0.15) is 13.2 Å². The van der Waals surface area contributed by atoms with Gasteiger partial charge >= 0.3 is 7.82 Å². The molecule has 0 heterocycles. The number of aliphatic hydroxyl groups is 1. The Hall–Kier alpha value is -1.80. The van der Waals surface area contributed by atoms with Gasteiger partial charge in [0.2, 0.25) is 5.91 Å². The number of quaternary nitrogens is 1. The Balaban J connectivity index is 3.98. The molecule has 0 aromatic heterocycles. The highest BCUT2D eigenvalue weighted by Crippen LogP contribution is 2.43. The van der Waals surface area contributed by atoms with E-state index in [1.54, 1.807) is 6.08 Å². The molecule has 9 heteroatoms. The van der Waals surface area contributed by atoms with Crippen LogP contribution >= 0.6 is 7.82 Å². The molecule has 3 unspecified atom stereocenters. The van der Waals surface area contributed by atoms with E-state index in [9.17, 15) is 19.4 Å². The van der Waals surface area contributed by atoms with E-state index in [1.807, 2.05) is 27.2 Å². The molecule has 0 aromatic carbocycles. The fourth-order valence-electron chi connectivity index (χ4n) is 8.98. The molecule has 0 aliphatic carbocycles. The Kier molecular flexibility index (Phi) is 52.7. The summed E-state index contributed by atoms with van der Waals surface area (Å²) in [6, 6.07) is -0.846. The lowest BCUT2D eigenvalue weighted by Gasteiger charge is -2.25. The highest BCUT2D eigenvalue weighted by atomic mass is 31.2. The number of hydrogen-bond donors (Lipinski definition) is 3. The molecular formula is C63H120N2O6P+. The van der Waals surface area contributed by atoms with Crippen LogP contribution in [0.1, 0.15) is 284 Å². The number of nitrogens with one attached hydrogen (secondary N) is 1. The van der Waals surface area contributed by atoms with Crippen molar-refractivity contribution in [2.45, 2.75) is 296 Å². The molecule has 0 saturated carbocycles. The average molecular weight is 1030 g/mol. The molecule has 0 bridgehead atoms. The van der Waals surface area contributed by atoms with E-state index in [2.05, 4.69) is 67.8 Å². The number of carbonyl (C=O) groups is 1. The standard InChI is InChI=1S/C63H119N2O6P/c1-6-8-10-12-14-16-18-20-22-23-24-25-26-27-28-29-30-31-32-33-34-35-36-37-38-39-40-41-43-45-47-49-51-53-55-57-63(67)64-61(60-71-72(68,69)70-59-58-65(3,4)5)62(66)56-54-52-50-48-46-44-42-21-19-17-15-13-11-9-7-2/h8,10,14,16,20,22,24-25,54,56,61-62,66H,6-7,9,11-13,15,17-19,21,23,26-53,55,57-60H2,1-5H3,(H-,64,67,68,69)/p+1/b10-8-,16-14-,22-20-,25-24-,56-54+. The highest BCUT2D eigenvalue weighted by molar-refractivity contribution is 7.47. The maximum atomic E-state index is 13.0. The van der Waals surface area contributed by atoms with Crippen molar-refractivity contribution in [2.75, 3.05) is 40.9 Å². The lowest BCUT2D eigenvalue weighted by molar-refractivity contribution is -0.870. The molecule has 0 aliphatic rings. The highest BCUT2D eigenvalue weighted by Gasteiger charge is 2.27. The molecule has 0 rings (SSSR count). The third kappa shape index (κ3) is 55.9. The van der Waals surface area contributed by atoms with Crippen LogP contribution in [0.5, 0.6) is 0 Å². The molecule has 422 valence electrons. The summed E-state index contributed by atoms with van der Waals surface area (Å²) in [5.41, 5.74) is 0. The topological polar surface area (TPSA) is 105 Å². The van der Waals surface area contributed by atoms with Crippen LogP contribution in [-0.4, -0.2) is 73.4 Å². The van der Waals surface area contributed by atoms with Crippen molar-refractivity contribution in [3.63, 3.8) is 0 Å². The van der Waals surface area contributed by atoms with Crippen LogP contribution < -0.4 is 5.32 Å². The van der Waals surface area contributed by atoms with Gasteiger partial charge in [-0.05, 0) is 57.8 Å². The lowest BCUT2D eigenvalue weighted by Crippen LogP contribution is -2.45. The van der Waals surface area contributed by atoms with Crippen LogP contribution in [0.4, 0.5) is 0 Å². The quantitative estimate of drug-likeness (QED) is 0.0243. The number of hydrogen-bond acceptors (Lipinski definition) is 5. The second kappa shape index (κ2) is 54.0. The summed E-state index contributed by atoms with van der Waals surface area (Å²) < 4.78 is 23.7. The summed E-state index contributed by atoms with van der Waals surface area (Å²) in [6.45, 7) is 4.73. The monoisotopic (exact) mass is 1030 g/mol. The number of amides is 1. The van der Waals surface area contributed by atoms with Gasteiger partial charge in [-0.3, -0.25) is 13.8 Å². The third-order valence-electron chi connectivity index (χ3n) is 13.7. The van der Waals surface area contributed by atoms with E-state index in [1.165, 1.54) is 199 Å². The molecule has 0 radical (unpaired) electrons. The molecular weight excluding hydrogens is 912 g/mol. The minimum atomic E-state index is -4.34. The number of allylic oxidation sites excluding steroid dienone is 9. The summed E-state index contributed by atoms with van der Waals surface area (Å²) in [5.74, 6) is -0.173. The SMILES string of the molecule is CC/C=C\C/C=C\C/C=C\C/C=C\CCCCCCCCCCCCCCCCCCCCCCCCC(=O)NC(COP(=O)(O)OCC[N+](C)(C)C)C(O)/C=C/CCCCCCCCCCCCCCC. The smallest absolute Gasteiger partial charge is 0.387 e. The second-order valence-corrected chi connectivity index (χ2v) is 23.5. The molecule has 3 atom stereocenters. The molecule has 1 amide bonds. The van der Waals surface area contributed by atoms with Gasteiger partial charge in [-0.2, -0.15) is 0 Å². The summed E-state index contributed by atoms with van der Waals surface area (Å²) >= 11 is 0. The molecule has 8 nitrogen and oxygen atoms in total. The largest absolute Gasteiger partial charge is 0.472 e. The zero-order chi connectivity index (χ0) is 52.7. The van der Waals surface area contributed by atoms with E-state index in [0.29, 0.717) is 17.4 Å². The molecule has 72 heavy (non-hydrogen) atoms. The number of carbonyl (C=O) groups excluding carboxylic acids is 1. The van der Waals surface area contributed by atoms with Gasteiger partial charge in [0.05, 0.1) is 39.9 Å². The molecule has 0 aromatic rings. The molecule has 0 saturated heterocycles. The normalized spacial score (nSPS) is 14.3. The Morgan fingerprint density at radius 2 is 0.833 bits per heavy atom. The van der Waals surface area contributed by atoms with Crippen molar-refractivity contribution in [3.05, 3.63) is 60.8 Å². The molecule has 0 aliphatic heterocycles. The second-order valence-electron chi connectivity index (χ2n) is 22.1. The Morgan fingerprint density at radius 3 is 1.22 bits per heavy atom. The predicted molar refractivity (Wildman–Crippen MR) is 314 cm³/mol. The van der Waals surface area contributed by atoms with Crippen LogP contribution in [0.15, 0.2) is 60.8 Å². The first kappa shape index (κ1) is 70.2. The van der Waals surface area contributed by atoms with Gasteiger partial charge in [-0.25, -0.2) is 4.57 Å². The van der Waals surface area contributed by atoms with Gasteiger partial charge in [0.15, 0.2) is 0 Å². The molecule has 0 spiro atoms. The van der Waals surface area contributed by atoms with E-state index >= 15 is 0 Å². The Morgan fingerprint density at radius 1 is 0.486 bits per heavy atom. The van der Waals surface area contributed by atoms with Crippen molar-refractivity contribution in [1.82, 2.24) is 5.32 Å². The first-order chi connectivity index (χ1) is 35.0.